The predicted octanol–water partition coefficient (Wildman–Crippen LogP) is 0.879. The van der Waals surface area contributed by atoms with Crippen molar-refractivity contribution in [2.75, 3.05) is 13.1 Å². The van der Waals surface area contributed by atoms with Crippen LogP contribution < -0.4 is 10.6 Å². The second-order valence-electron chi connectivity index (χ2n) is 6.61. The molecule has 2 saturated heterocycles. The van der Waals surface area contributed by atoms with E-state index in [0.29, 0.717) is 19.4 Å². The number of carbonyl (C=O) groups is 3. The van der Waals surface area contributed by atoms with Gasteiger partial charge in [-0.2, -0.15) is 0 Å². The first-order chi connectivity index (χ1) is 11.4. The second-order valence-corrected chi connectivity index (χ2v) is 6.61. The lowest BCUT2D eigenvalue weighted by molar-refractivity contribution is -0.132. The van der Waals surface area contributed by atoms with Crippen molar-refractivity contribution in [2.24, 2.45) is 5.92 Å². The van der Waals surface area contributed by atoms with Crippen molar-refractivity contribution in [1.82, 2.24) is 15.5 Å². The Bertz CT molecular complexity index is 769. The van der Waals surface area contributed by atoms with Gasteiger partial charge in [-0.15, -0.1) is 0 Å². The summed E-state index contributed by atoms with van der Waals surface area (Å²) in [6, 6.07) is 2.68. The van der Waals surface area contributed by atoms with E-state index < -0.39 is 35.0 Å². The molecule has 2 heterocycles. The maximum atomic E-state index is 13.8. The Labute approximate surface area is 136 Å². The molecule has 3 aliphatic rings. The van der Waals surface area contributed by atoms with E-state index in [1.54, 1.807) is 0 Å². The fourth-order valence-corrected chi connectivity index (χ4v) is 3.66. The summed E-state index contributed by atoms with van der Waals surface area (Å²) in [6.07, 6.45) is 0.809. The Morgan fingerprint density at radius 2 is 2.08 bits per heavy atom. The molecule has 8 heteroatoms. The third kappa shape index (κ3) is 2.24. The summed E-state index contributed by atoms with van der Waals surface area (Å²) in [4.78, 5) is 37.3. The van der Waals surface area contributed by atoms with E-state index in [-0.39, 0.29) is 23.9 Å². The summed E-state index contributed by atoms with van der Waals surface area (Å²) < 4.78 is 27.1. The number of urea groups is 1. The van der Waals surface area contributed by atoms with Crippen molar-refractivity contribution < 1.29 is 23.2 Å². The first-order valence-electron chi connectivity index (χ1n) is 7.77. The highest BCUT2D eigenvalue weighted by Gasteiger charge is 2.54. The van der Waals surface area contributed by atoms with Crippen molar-refractivity contribution in [3.05, 3.63) is 35.4 Å². The smallest absolute Gasteiger partial charge is 0.322 e. The molecule has 6 nitrogen and oxygen atoms in total. The van der Waals surface area contributed by atoms with Crippen LogP contribution in [0.1, 0.15) is 24.3 Å². The summed E-state index contributed by atoms with van der Waals surface area (Å²) >= 11 is 0. The third-order valence-electron chi connectivity index (χ3n) is 5.06. The number of likely N-dealkylation sites (tertiary alicyclic amines) is 1. The number of rotatable bonds is 2. The van der Waals surface area contributed by atoms with Gasteiger partial charge in [0.25, 0.3) is 5.91 Å². The lowest BCUT2D eigenvalue weighted by Crippen LogP contribution is -2.49. The van der Waals surface area contributed by atoms with Gasteiger partial charge < -0.3 is 10.2 Å². The fourth-order valence-electron chi connectivity index (χ4n) is 3.66. The van der Waals surface area contributed by atoms with Crippen LogP contribution in [0.2, 0.25) is 0 Å². The highest BCUT2D eigenvalue weighted by molar-refractivity contribution is 6.07. The van der Waals surface area contributed by atoms with Gasteiger partial charge in [-0.3, -0.25) is 14.9 Å². The van der Waals surface area contributed by atoms with Crippen molar-refractivity contribution in [1.29, 1.82) is 0 Å². The average molecular weight is 335 g/mol. The summed E-state index contributed by atoms with van der Waals surface area (Å²) in [5.74, 6) is -2.40. The first kappa shape index (κ1) is 15.0. The van der Waals surface area contributed by atoms with E-state index >= 15 is 0 Å². The number of carbonyl (C=O) groups excluding carboxylic acids is 3. The zero-order chi connectivity index (χ0) is 17.1. The molecule has 126 valence electrons. The number of amides is 4. The molecule has 0 radical (unpaired) electrons. The summed E-state index contributed by atoms with van der Waals surface area (Å²) in [7, 11) is 0. The number of nitrogens with zero attached hydrogens (tertiary/aromatic N) is 1. The molecule has 1 saturated carbocycles. The SMILES string of the molecule is O=C1NC(=O)[C@]2(CCN(C(=O)[C@@H]3C[C@H]3c3cc(F)ccc3F)C2)N1. The van der Waals surface area contributed by atoms with Gasteiger partial charge in [-0.25, -0.2) is 13.6 Å². The van der Waals surface area contributed by atoms with Crippen molar-refractivity contribution in [2.45, 2.75) is 24.3 Å². The molecule has 2 aliphatic heterocycles. The van der Waals surface area contributed by atoms with Crippen LogP contribution in [0.15, 0.2) is 18.2 Å². The molecule has 0 bridgehead atoms. The van der Waals surface area contributed by atoms with Gasteiger partial charge in [0.15, 0.2) is 0 Å². The van der Waals surface area contributed by atoms with Gasteiger partial charge in [-0.1, -0.05) is 0 Å². The summed E-state index contributed by atoms with van der Waals surface area (Å²) in [6.45, 7) is 0.458. The molecule has 1 aromatic rings. The van der Waals surface area contributed by atoms with Crippen LogP contribution in [-0.4, -0.2) is 41.4 Å². The molecule has 0 aromatic heterocycles. The Kier molecular flexibility index (Phi) is 3.13. The van der Waals surface area contributed by atoms with Gasteiger partial charge in [0.05, 0.1) is 6.54 Å². The Morgan fingerprint density at radius 1 is 1.29 bits per heavy atom. The number of nitrogens with one attached hydrogen (secondary N) is 2. The highest BCUT2D eigenvalue weighted by Crippen LogP contribution is 2.50. The van der Waals surface area contributed by atoms with E-state index in [9.17, 15) is 23.2 Å². The van der Waals surface area contributed by atoms with Crippen LogP contribution >= 0.6 is 0 Å². The minimum absolute atomic E-state index is 0.109. The lowest BCUT2D eigenvalue weighted by atomic mass is 9.99. The molecule has 0 unspecified atom stereocenters. The largest absolute Gasteiger partial charge is 0.339 e. The van der Waals surface area contributed by atoms with Gasteiger partial charge in [0, 0.05) is 12.5 Å². The quantitative estimate of drug-likeness (QED) is 0.788. The molecule has 1 spiro atoms. The van der Waals surface area contributed by atoms with E-state index in [1.165, 1.54) is 4.90 Å². The minimum atomic E-state index is -1.05. The van der Waals surface area contributed by atoms with E-state index in [0.717, 1.165) is 18.2 Å². The molecule has 2 N–H and O–H groups in total. The fraction of sp³-hybridized carbons (Fsp3) is 0.438. The van der Waals surface area contributed by atoms with E-state index in [1.807, 2.05) is 0 Å². The predicted molar refractivity (Wildman–Crippen MR) is 77.8 cm³/mol. The highest BCUT2D eigenvalue weighted by atomic mass is 19.1. The topological polar surface area (TPSA) is 78.5 Å². The number of benzene rings is 1. The second kappa shape index (κ2) is 4.99. The van der Waals surface area contributed by atoms with Gasteiger partial charge in [0.2, 0.25) is 5.91 Å². The van der Waals surface area contributed by atoms with Gasteiger partial charge in [0.1, 0.15) is 17.2 Å². The van der Waals surface area contributed by atoms with Crippen LogP contribution in [0.5, 0.6) is 0 Å². The normalized spacial score (nSPS) is 31.3. The lowest BCUT2D eigenvalue weighted by Gasteiger charge is -2.21. The molecule has 1 aliphatic carbocycles. The number of imide groups is 1. The van der Waals surface area contributed by atoms with Crippen LogP contribution in [0.3, 0.4) is 0 Å². The van der Waals surface area contributed by atoms with Crippen LogP contribution in [0, 0.1) is 17.6 Å². The van der Waals surface area contributed by atoms with Crippen LogP contribution in [-0.2, 0) is 9.59 Å². The average Bonchev–Trinajstić information content (AvgIpc) is 3.13. The number of halogens is 2. The van der Waals surface area contributed by atoms with Crippen molar-refractivity contribution in [3.63, 3.8) is 0 Å². The standard InChI is InChI=1S/C16H15F2N3O3/c17-8-1-2-12(18)10(5-8)9-6-11(9)13(22)21-4-3-16(7-21)14(23)19-15(24)20-16/h1-2,5,9,11H,3-4,6-7H2,(H2,19,20,23,24)/t9-,11+,16+/m0/s1. The zero-order valence-corrected chi connectivity index (χ0v) is 12.6. The van der Waals surface area contributed by atoms with Crippen LogP contribution in [0.25, 0.3) is 0 Å². The summed E-state index contributed by atoms with van der Waals surface area (Å²) in [5.41, 5.74) is -0.838. The van der Waals surface area contributed by atoms with Crippen molar-refractivity contribution in [3.8, 4) is 0 Å². The molecule has 3 atom stereocenters. The monoisotopic (exact) mass is 335 g/mol. The Hall–Kier alpha value is -2.51. The molecule has 24 heavy (non-hydrogen) atoms. The molecule has 4 amide bonds. The molecule has 3 fully saturated rings. The van der Waals surface area contributed by atoms with E-state index in [2.05, 4.69) is 10.6 Å². The maximum Gasteiger partial charge on any atom is 0.322 e. The third-order valence-corrected chi connectivity index (χ3v) is 5.06. The summed E-state index contributed by atoms with van der Waals surface area (Å²) in [5, 5.41) is 4.76. The molecular weight excluding hydrogens is 320 g/mol. The van der Waals surface area contributed by atoms with Gasteiger partial charge >= 0.3 is 6.03 Å². The maximum absolute atomic E-state index is 13.8. The van der Waals surface area contributed by atoms with Crippen LogP contribution in [0.4, 0.5) is 13.6 Å². The Balaban J connectivity index is 1.46. The number of hydrogen-bond acceptors (Lipinski definition) is 3. The molecular formula is C16H15F2N3O3. The minimum Gasteiger partial charge on any atom is -0.339 e. The van der Waals surface area contributed by atoms with Gasteiger partial charge in [-0.05, 0) is 42.5 Å². The zero-order valence-electron chi connectivity index (χ0n) is 12.6. The number of hydrogen-bond donors (Lipinski definition) is 2. The van der Waals surface area contributed by atoms with E-state index in [4.69, 9.17) is 0 Å². The first-order valence-corrected chi connectivity index (χ1v) is 7.77. The van der Waals surface area contributed by atoms with Crippen molar-refractivity contribution >= 4 is 17.8 Å². The Morgan fingerprint density at radius 3 is 2.79 bits per heavy atom. The molecule has 4 rings (SSSR count). The molecule has 1 aromatic carbocycles.